The van der Waals surface area contributed by atoms with Crippen molar-refractivity contribution >= 4 is 30.0 Å². The van der Waals surface area contributed by atoms with Gasteiger partial charge in [0.2, 0.25) is 0 Å². The van der Waals surface area contributed by atoms with Gasteiger partial charge in [0.25, 0.3) is 0 Å². The quantitative estimate of drug-likeness (QED) is 0.0657. The molecule has 2 aromatic rings. The first-order valence-electron chi connectivity index (χ1n) is 17.4. The summed E-state index contributed by atoms with van der Waals surface area (Å²) >= 11 is 0. The minimum Gasteiger partial charge on any atom is -0.489 e. The molecule has 2 rings (SSSR count). The molecule has 3 amide bonds. The maximum atomic E-state index is 13.3. The lowest BCUT2D eigenvalue weighted by atomic mass is 10.1. The predicted octanol–water partition coefficient (Wildman–Crippen LogP) is 6.20. The van der Waals surface area contributed by atoms with Crippen LogP contribution in [0.15, 0.2) is 61.2 Å². The van der Waals surface area contributed by atoms with E-state index in [1.807, 2.05) is 31.2 Å². The van der Waals surface area contributed by atoms with Crippen LogP contribution in [0.2, 0.25) is 0 Å². The van der Waals surface area contributed by atoms with Crippen molar-refractivity contribution in [2.45, 2.75) is 117 Å². The number of esters is 3. The highest BCUT2D eigenvalue weighted by atomic mass is 16.6. The van der Waals surface area contributed by atoms with Crippen molar-refractivity contribution in [2.75, 3.05) is 13.2 Å². The number of aryl methyl sites for hydroxylation is 1. The zero-order valence-corrected chi connectivity index (χ0v) is 31.5. The highest BCUT2D eigenvalue weighted by molar-refractivity contribution is 5.87. The number of hydrogen-bond acceptors (Lipinski definition) is 10. The van der Waals surface area contributed by atoms with Crippen molar-refractivity contribution < 1.29 is 47.7 Å². The van der Waals surface area contributed by atoms with Gasteiger partial charge in [-0.3, -0.25) is 4.79 Å². The molecule has 0 aliphatic carbocycles. The summed E-state index contributed by atoms with van der Waals surface area (Å²) in [6, 6.07) is 12.0. The van der Waals surface area contributed by atoms with Crippen LogP contribution < -0.4 is 20.7 Å². The SMILES string of the molecule is C=CCOC(=O)NCCCCC(NC(=O)NC(CCC(=O)OC(C)(C)C)C(=O)OC(C)(C)C)C(=O)OCc1ccc(OCc2ccc(C)cc2)cc1. The minimum absolute atomic E-state index is 0.0655. The molecule has 3 N–H and O–H groups in total. The van der Waals surface area contributed by atoms with E-state index in [1.54, 1.807) is 65.8 Å². The second-order valence-electron chi connectivity index (χ2n) is 14.2. The van der Waals surface area contributed by atoms with Gasteiger partial charge in [0.1, 0.15) is 48.9 Å². The van der Waals surface area contributed by atoms with Crippen LogP contribution in [0.4, 0.5) is 9.59 Å². The number of nitrogens with one attached hydrogen (secondary N) is 3. The van der Waals surface area contributed by atoms with Crippen LogP contribution in [-0.2, 0) is 46.5 Å². The molecule has 2 unspecified atom stereocenters. The van der Waals surface area contributed by atoms with Crippen LogP contribution in [0.3, 0.4) is 0 Å². The van der Waals surface area contributed by atoms with Crippen LogP contribution in [-0.4, -0.2) is 66.5 Å². The number of carbonyl (C=O) groups excluding carboxylic acids is 5. The molecule has 2 aromatic carbocycles. The molecule has 0 aliphatic heterocycles. The van der Waals surface area contributed by atoms with Gasteiger partial charge in [-0.25, -0.2) is 19.2 Å². The third kappa shape index (κ3) is 18.8. The molecule has 0 radical (unpaired) electrons. The Hall–Kier alpha value is -5.07. The Morgan fingerprint density at radius 2 is 1.31 bits per heavy atom. The first-order chi connectivity index (χ1) is 24.4. The first kappa shape index (κ1) is 43.1. The van der Waals surface area contributed by atoms with E-state index in [0.717, 1.165) is 5.56 Å². The van der Waals surface area contributed by atoms with Crippen LogP contribution in [0.5, 0.6) is 5.75 Å². The average molecular weight is 726 g/mol. The summed E-state index contributed by atoms with van der Waals surface area (Å²) in [5.74, 6) is -1.33. The van der Waals surface area contributed by atoms with Crippen molar-refractivity contribution in [1.29, 1.82) is 0 Å². The third-order valence-corrected chi connectivity index (χ3v) is 7.00. The third-order valence-electron chi connectivity index (χ3n) is 7.00. The normalized spacial score (nSPS) is 12.4. The second kappa shape index (κ2) is 21.3. The fourth-order valence-electron chi connectivity index (χ4n) is 4.52. The number of urea groups is 1. The molecule has 0 spiro atoms. The van der Waals surface area contributed by atoms with E-state index in [9.17, 15) is 24.0 Å². The number of amides is 3. The van der Waals surface area contributed by atoms with Crippen molar-refractivity contribution in [3.05, 3.63) is 77.9 Å². The number of alkyl carbamates (subject to hydrolysis) is 1. The van der Waals surface area contributed by atoms with E-state index in [0.29, 0.717) is 30.8 Å². The molecule has 0 aliphatic rings. The van der Waals surface area contributed by atoms with E-state index >= 15 is 0 Å². The molecular formula is C39H55N3O10. The monoisotopic (exact) mass is 725 g/mol. The summed E-state index contributed by atoms with van der Waals surface area (Å²) in [7, 11) is 0. The number of carbonyl (C=O) groups is 5. The van der Waals surface area contributed by atoms with Gasteiger partial charge in [-0.1, -0.05) is 54.6 Å². The van der Waals surface area contributed by atoms with E-state index in [1.165, 1.54) is 11.6 Å². The van der Waals surface area contributed by atoms with Gasteiger partial charge in [-0.05, 0) is 97.4 Å². The molecule has 13 nitrogen and oxygen atoms in total. The summed E-state index contributed by atoms with van der Waals surface area (Å²) in [4.78, 5) is 63.7. The fraction of sp³-hybridized carbons (Fsp3) is 0.513. The molecule has 0 heterocycles. The Morgan fingerprint density at radius 3 is 1.90 bits per heavy atom. The molecule has 0 saturated heterocycles. The van der Waals surface area contributed by atoms with Gasteiger partial charge in [0, 0.05) is 13.0 Å². The van der Waals surface area contributed by atoms with Crippen LogP contribution in [0, 0.1) is 6.92 Å². The zero-order chi connectivity index (χ0) is 38.7. The smallest absolute Gasteiger partial charge is 0.407 e. The van der Waals surface area contributed by atoms with Crippen molar-refractivity contribution in [3.8, 4) is 5.75 Å². The largest absolute Gasteiger partial charge is 0.489 e. The Bertz CT molecular complexity index is 1460. The standard InChI is InChI=1S/C39H55N3O10/c1-9-24-48-37(47)40-23-11-10-12-31(34(44)50-26-29-17-19-30(20-18-29)49-25-28-15-13-27(2)14-16-28)41-36(46)42-32(35(45)52-39(6,7)8)21-22-33(43)51-38(3,4)5/h9,13-20,31-32H,1,10-12,21-26H2,2-8H3,(H,40,47)(H2,41,42,46). The van der Waals surface area contributed by atoms with E-state index < -0.39 is 53.3 Å². The molecule has 2 atom stereocenters. The summed E-state index contributed by atoms with van der Waals surface area (Å²) in [6.07, 6.45) is 1.65. The van der Waals surface area contributed by atoms with E-state index in [4.69, 9.17) is 23.7 Å². The molecule has 0 saturated carbocycles. The summed E-state index contributed by atoms with van der Waals surface area (Å²) < 4.78 is 27.2. The van der Waals surface area contributed by atoms with Crippen molar-refractivity contribution in [2.24, 2.45) is 0 Å². The number of benzene rings is 2. The first-order valence-corrected chi connectivity index (χ1v) is 17.4. The minimum atomic E-state index is -1.21. The molecule has 286 valence electrons. The number of rotatable bonds is 19. The number of hydrogen-bond donors (Lipinski definition) is 3. The fourth-order valence-corrected chi connectivity index (χ4v) is 4.52. The highest BCUT2D eigenvalue weighted by Crippen LogP contribution is 2.17. The lowest BCUT2D eigenvalue weighted by Crippen LogP contribution is -2.52. The Kier molecular flexibility index (Phi) is 17.7. The van der Waals surface area contributed by atoms with Crippen LogP contribution >= 0.6 is 0 Å². The van der Waals surface area contributed by atoms with Gasteiger partial charge in [0.05, 0.1) is 0 Å². The Labute approximate surface area is 307 Å². The molecule has 0 bridgehead atoms. The van der Waals surface area contributed by atoms with E-state index in [-0.39, 0.29) is 39.0 Å². The molecule has 13 heteroatoms. The summed E-state index contributed by atoms with van der Waals surface area (Å²) in [6.45, 7) is 16.4. The lowest BCUT2D eigenvalue weighted by Gasteiger charge is -2.26. The summed E-state index contributed by atoms with van der Waals surface area (Å²) in [5, 5.41) is 7.76. The Morgan fingerprint density at radius 1 is 0.731 bits per heavy atom. The zero-order valence-electron chi connectivity index (χ0n) is 31.5. The summed E-state index contributed by atoms with van der Waals surface area (Å²) in [5.41, 5.74) is 1.32. The maximum absolute atomic E-state index is 13.3. The van der Waals surface area contributed by atoms with Gasteiger partial charge in [-0.2, -0.15) is 0 Å². The molecular weight excluding hydrogens is 670 g/mol. The highest BCUT2D eigenvalue weighted by Gasteiger charge is 2.30. The van der Waals surface area contributed by atoms with Gasteiger partial charge in [0.15, 0.2) is 0 Å². The van der Waals surface area contributed by atoms with Crippen molar-refractivity contribution in [3.63, 3.8) is 0 Å². The van der Waals surface area contributed by atoms with Crippen molar-refractivity contribution in [1.82, 2.24) is 16.0 Å². The number of unbranched alkanes of at least 4 members (excludes halogenated alkanes) is 1. The van der Waals surface area contributed by atoms with Gasteiger partial charge in [-0.15, -0.1) is 0 Å². The topological polar surface area (TPSA) is 168 Å². The molecule has 0 aromatic heterocycles. The van der Waals surface area contributed by atoms with Crippen LogP contribution in [0.1, 0.15) is 90.3 Å². The van der Waals surface area contributed by atoms with Gasteiger partial charge >= 0.3 is 30.0 Å². The second-order valence-corrected chi connectivity index (χ2v) is 14.2. The molecule has 52 heavy (non-hydrogen) atoms. The van der Waals surface area contributed by atoms with Gasteiger partial charge < -0.3 is 39.6 Å². The number of ether oxygens (including phenoxy) is 5. The molecule has 0 fully saturated rings. The lowest BCUT2D eigenvalue weighted by molar-refractivity contribution is -0.158. The average Bonchev–Trinajstić information content (AvgIpc) is 3.06. The predicted molar refractivity (Wildman–Crippen MR) is 195 cm³/mol. The maximum Gasteiger partial charge on any atom is 0.407 e. The Balaban J connectivity index is 2.06. The van der Waals surface area contributed by atoms with E-state index in [2.05, 4.69) is 22.5 Å². The van der Waals surface area contributed by atoms with Crippen LogP contribution in [0.25, 0.3) is 0 Å².